The molecule has 1 aromatic heterocycles. The molecular weight excluding hydrogens is 302 g/mol. The number of anilines is 1. The number of aromatic nitrogens is 1. The maximum Gasteiger partial charge on any atom is 0.271 e. The van der Waals surface area contributed by atoms with E-state index in [9.17, 15) is 4.79 Å². The van der Waals surface area contributed by atoms with Crippen LogP contribution in [0.25, 0.3) is 0 Å². The molecule has 0 spiro atoms. The van der Waals surface area contributed by atoms with Crippen LogP contribution in [0.5, 0.6) is 5.75 Å². The number of para-hydroxylation sites is 1. The zero-order valence-electron chi connectivity index (χ0n) is 11.9. The molecule has 0 bridgehead atoms. The first-order valence-corrected chi connectivity index (χ1v) is 7.11. The van der Waals surface area contributed by atoms with Crippen molar-refractivity contribution >= 4 is 23.2 Å². The van der Waals surface area contributed by atoms with Crippen molar-refractivity contribution < 1.29 is 9.53 Å². The maximum absolute atomic E-state index is 12.3. The summed E-state index contributed by atoms with van der Waals surface area (Å²) < 4.78 is 5.39. The van der Waals surface area contributed by atoms with E-state index in [1.807, 2.05) is 30.5 Å². The van der Waals surface area contributed by atoms with Gasteiger partial charge in [0.15, 0.2) is 0 Å². The number of halogens is 1. The molecule has 1 N–H and O–H groups in total. The number of ether oxygens (including phenoxy) is 1. The maximum atomic E-state index is 12.3. The van der Waals surface area contributed by atoms with Gasteiger partial charge in [0, 0.05) is 12.4 Å². The number of hydrogen-bond donors (Lipinski definition) is 1. The minimum Gasteiger partial charge on any atom is -0.494 e. The first kappa shape index (κ1) is 14.4. The van der Waals surface area contributed by atoms with E-state index in [0.29, 0.717) is 16.5 Å². The van der Waals surface area contributed by atoms with Crippen molar-refractivity contribution in [2.75, 3.05) is 12.1 Å². The summed E-state index contributed by atoms with van der Waals surface area (Å²) in [4.78, 5) is 16.2. The van der Waals surface area contributed by atoms with Gasteiger partial charge in [0.1, 0.15) is 16.6 Å². The smallest absolute Gasteiger partial charge is 0.271 e. The molecule has 3 rings (SSSR count). The Morgan fingerprint density at radius 1 is 1.36 bits per heavy atom. The van der Waals surface area contributed by atoms with Crippen molar-refractivity contribution in [2.45, 2.75) is 6.42 Å². The second kappa shape index (κ2) is 6.07. The zero-order valence-corrected chi connectivity index (χ0v) is 12.7. The molecule has 2 aromatic rings. The molecule has 1 aliphatic heterocycles. The lowest BCUT2D eigenvalue weighted by Gasteiger charge is -2.28. The van der Waals surface area contributed by atoms with E-state index in [1.54, 1.807) is 24.3 Å². The molecule has 1 aromatic carbocycles. The fourth-order valence-electron chi connectivity index (χ4n) is 2.31. The van der Waals surface area contributed by atoms with E-state index < -0.39 is 0 Å². The average Bonchev–Trinajstić information content (AvgIpc) is 2.55. The number of carbonyl (C=O) groups excluding carboxylic acids is 1. The summed E-state index contributed by atoms with van der Waals surface area (Å²) >= 11 is 5.73. The fourth-order valence-corrected chi connectivity index (χ4v) is 2.42. The first-order valence-electron chi connectivity index (χ1n) is 6.73. The molecule has 0 saturated carbocycles. The standard InChI is InChI=1S/C16H14ClN3O2/c1-22-13-6-2-4-11-5-3-9-20(15(11)13)19-16(21)12-7-8-14(17)18-10-12/h2-4,6-10H,5H2,1H3,(H,19,21). The summed E-state index contributed by atoms with van der Waals surface area (Å²) in [6, 6.07) is 9.00. The predicted octanol–water partition coefficient (Wildman–Crippen LogP) is 2.96. The molecular formula is C16H14ClN3O2. The highest BCUT2D eigenvalue weighted by molar-refractivity contribution is 6.29. The van der Waals surface area contributed by atoms with Crippen LogP contribution in [-0.4, -0.2) is 18.0 Å². The number of hydrazine groups is 1. The van der Waals surface area contributed by atoms with Crippen LogP contribution in [0.4, 0.5) is 5.69 Å². The van der Waals surface area contributed by atoms with Crippen LogP contribution in [0.15, 0.2) is 48.8 Å². The number of benzene rings is 1. The number of fused-ring (bicyclic) bond motifs is 1. The third-order valence-electron chi connectivity index (χ3n) is 3.35. The lowest BCUT2D eigenvalue weighted by Crippen LogP contribution is -2.40. The number of methoxy groups -OCH3 is 1. The SMILES string of the molecule is COc1cccc2c1N(NC(=O)c1ccc(Cl)nc1)C=CC2. The highest BCUT2D eigenvalue weighted by Gasteiger charge is 2.20. The largest absolute Gasteiger partial charge is 0.494 e. The molecule has 2 heterocycles. The number of amides is 1. The van der Waals surface area contributed by atoms with Crippen molar-refractivity contribution in [3.63, 3.8) is 0 Å². The molecule has 1 amide bonds. The molecule has 0 saturated heterocycles. The summed E-state index contributed by atoms with van der Waals surface area (Å²) in [6.45, 7) is 0. The van der Waals surface area contributed by atoms with Gasteiger partial charge in [-0.2, -0.15) is 0 Å². The van der Waals surface area contributed by atoms with Gasteiger partial charge in [-0.1, -0.05) is 29.8 Å². The Labute approximate surface area is 133 Å². The molecule has 0 unspecified atom stereocenters. The zero-order chi connectivity index (χ0) is 15.5. The number of nitrogens with zero attached hydrogens (tertiary/aromatic N) is 2. The second-order valence-electron chi connectivity index (χ2n) is 4.74. The molecule has 0 atom stereocenters. The van der Waals surface area contributed by atoms with Crippen LogP contribution >= 0.6 is 11.6 Å². The molecule has 0 aliphatic carbocycles. The van der Waals surface area contributed by atoms with Crippen molar-refractivity contribution in [2.24, 2.45) is 0 Å². The predicted molar refractivity (Wildman–Crippen MR) is 85.0 cm³/mol. The first-order chi connectivity index (χ1) is 10.7. The van der Waals surface area contributed by atoms with Gasteiger partial charge in [0.05, 0.1) is 12.7 Å². The summed E-state index contributed by atoms with van der Waals surface area (Å²) in [5, 5.41) is 2.01. The highest BCUT2D eigenvalue weighted by Crippen LogP contribution is 2.34. The van der Waals surface area contributed by atoms with E-state index in [2.05, 4.69) is 10.4 Å². The van der Waals surface area contributed by atoms with Crippen molar-refractivity contribution in [1.29, 1.82) is 0 Å². The van der Waals surface area contributed by atoms with E-state index in [-0.39, 0.29) is 5.91 Å². The lowest BCUT2D eigenvalue weighted by atomic mass is 10.1. The Morgan fingerprint density at radius 3 is 2.95 bits per heavy atom. The summed E-state index contributed by atoms with van der Waals surface area (Å²) in [7, 11) is 1.61. The Hall–Kier alpha value is -2.53. The van der Waals surface area contributed by atoms with E-state index in [0.717, 1.165) is 17.7 Å². The van der Waals surface area contributed by atoms with Crippen LogP contribution < -0.4 is 15.2 Å². The van der Waals surface area contributed by atoms with E-state index >= 15 is 0 Å². The Bertz CT molecular complexity index is 729. The number of pyridine rings is 1. The molecule has 6 heteroatoms. The number of allylic oxidation sites excluding steroid dienone is 1. The minimum atomic E-state index is -0.271. The number of rotatable bonds is 3. The lowest BCUT2D eigenvalue weighted by molar-refractivity contribution is 0.0952. The molecule has 1 aliphatic rings. The van der Waals surface area contributed by atoms with Crippen LogP contribution in [-0.2, 0) is 6.42 Å². The van der Waals surface area contributed by atoms with Crippen molar-refractivity contribution in [1.82, 2.24) is 10.4 Å². The summed E-state index contributed by atoms with van der Waals surface area (Å²) in [5.41, 5.74) is 5.18. The number of hydrogen-bond acceptors (Lipinski definition) is 4. The molecule has 112 valence electrons. The second-order valence-corrected chi connectivity index (χ2v) is 5.12. The normalized spacial score (nSPS) is 12.7. The van der Waals surface area contributed by atoms with Gasteiger partial charge in [-0.25, -0.2) is 4.98 Å². The fraction of sp³-hybridized carbons (Fsp3) is 0.125. The van der Waals surface area contributed by atoms with Gasteiger partial charge in [0.2, 0.25) is 0 Å². The average molecular weight is 316 g/mol. The molecule has 0 fully saturated rings. The van der Waals surface area contributed by atoms with Crippen LogP contribution in [0, 0.1) is 0 Å². The van der Waals surface area contributed by atoms with E-state index in [1.165, 1.54) is 6.20 Å². The Morgan fingerprint density at radius 2 is 2.23 bits per heavy atom. The van der Waals surface area contributed by atoms with Gasteiger partial charge < -0.3 is 4.74 Å². The Kier molecular flexibility index (Phi) is 3.98. The van der Waals surface area contributed by atoms with Crippen molar-refractivity contribution in [3.05, 3.63) is 65.1 Å². The summed E-state index contributed by atoms with van der Waals surface area (Å²) in [5.74, 6) is 0.434. The van der Waals surface area contributed by atoms with Crippen LogP contribution in [0.3, 0.4) is 0 Å². The minimum absolute atomic E-state index is 0.271. The van der Waals surface area contributed by atoms with Gasteiger partial charge in [-0.15, -0.1) is 0 Å². The van der Waals surface area contributed by atoms with Gasteiger partial charge in [0.25, 0.3) is 5.91 Å². The molecule has 5 nitrogen and oxygen atoms in total. The van der Waals surface area contributed by atoms with Crippen molar-refractivity contribution in [3.8, 4) is 5.75 Å². The Balaban J connectivity index is 1.87. The third kappa shape index (κ3) is 2.76. The number of nitrogens with one attached hydrogen (secondary N) is 1. The third-order valence-corrected chi connectivity index (χ3v) is 3.57. The highest BCUT2D eigenvalue weighted by atomic mass is 35.5. The quantitative estimate of drug-likeness (QED) is 0.885. The van der Waals surface area contributed by atoms with Gasteiger partial charge >= 0.3 is 0 Å². The molecule has 0 radical (unpaired) electrons. The number of carbonyl (C=O) groups is 1. The van der Waals surface area contributed by atoms with Crippen LogP contribution in [0.1, 0.15) is 15.9 Å². The van der Waals surface area contributed by atoms with Gasteiger partial charge in [-0.3, -0.25) is 15.2 Å². The van der Waals surface area contributed by atoms with E-state index in [4.69, 9.17) is 16.3 Å². The van der Waals surface area contributed by atoms with Gasteiger partial charge in [-0.05, 0) is 30.2 Å². The van der Waals surface area contributed by atoms with Crippen LogP contribution in [0.2, 0.25) is 5.15 Å². The summed E-state index contributed by atoms with van der Waals surface area (Å²) in [6.07, 6.45) is 6.02. The monoisotopic (exact) mass is 315 g/mol. The molecule has 22 heavy (non-hydrogen) atoms. The topological polar surface area (TPSA) is 54.5 Å².